The Bertz CT molecular complexity index is 628. The normalized spacial score (nSPS) is 10.5. The Morgan fingerprint density at radius 3 is 2.61 bits per heavy atom. The Hall–Kier alpha value is -1.52. The van der Waals surface area contributed by atoms with E-state index in [0.29, 0.717) is 0 Å². The summed E-state index contributed by atoms with van der Waals surface area (Å²) in [5, 5.41) is 5.39. The van der Waals surface area contributed by atoms with Crippen LogP contribution in [-0.4, -0.2) is 0 Å². The Kier molecular flexibility index (Phi) is 3.21. The van der Waals surface area contributed by atoms with Crippen LogP contribution in [0.2, 0.25) is 0 Å². The molecule has 0 saturated heterocycles. The molecule has 0 radical (unpaired) electrons. The van der Waals surface area contributed by atoms with Gasteiger partial charge in [-0.25, -0.2) is 0 Å². The minimum atomic E-state index is 0.968. The lowest BCUT2D eigenvalue weighted by Gasteiger charge is -1.98. The maximum atomic E-state index is 5.03. The van der Waals surface area contributed by atoms with Crippen molar-refractivity contribution in [1.29, 1.82) is 0 Å². The third kappa shape index (κ3) is 2.49. The molecule has 1 N–H and O–H groups in total. The molecule has 0 saturated carbocycles. The average molecular weight is 320 g/mol. The van der Waals surface area contributed by atoms with Crippen LogP contribution in [0.15, 0.2) is 63.2 Å². The smallest absolute Gasteiger partial charge is 0.114 e. The van der Waals surface area contributed by atoms with Crippen molar-refractivity contribution in [3.05, 3.63) is 58.8 Å². The van der Waals surface area contributed by atoms with Crippen molar-refractivity contribution in [2.24, 2.45) is 0 Å². The largest absolute Gasteiger partial charge is 0.470 e. The summed E-state index contributed by atoms with van der Waals surface area (Å²) in [6.07, 6.45) is 3.35. The van der Waals surface area contributed by atoms with E-state index in [4.69, 9.17) is 4.42 Å². The minimum Gasteiger partial charge on any atom is -0.470 e. The number of nitrogens with one attached hydrogen (secondary N) is 1. The quantitative estimate of drug-likeness (QED) is 0.688. The van der Waals surface area contributed by atoms with Crippen LogP contribution in [0.25, 0.3) is 10.4 Å². The molecule has 0 atom stereocenters. The molecule has 2 nitrogen and oxygen atoms in total. The minimum absolute atomic E-state index is 0.968. The summed E-state index contributed by atoms with van der Waals surface area (Å²) in [5.41, 5.74) is 3.28. The van der Waals surface area contributed by atoms with Crippen LogP contribution < -0.4 is 5.32 Å². The highest BCUT2D eigenvalue weighted by atomic mass is 79.9. The van der Waals surface area contributed by atoms with Crippen molar-refractivity contribution in [3.63, 3.8) is 0 Å². The summed E-state index contributed by atoms with van der Waals surface area (Å²) in [7, 11) is 0. The monoisotopic (exact) mass is 319 g/mol. The summed E-state index contributed by atoms with van der Waals surface area (Å²) in [6, 6.07) is 12.4. The van der Waals surface area contributed by atoms with Gasteiger partial charge in [0.2, 0.25) is 0 Å². The number of hydrogen-bond donors (Lipinski definition) is 1. The zero-order valence-electron chi connectivity index (χ0n) is 9.39. The van der Waals surface area contributed by atoms with Crippen LogP contribution >= 0.6 is 27.3 Å². The van der Waals surface area contributed by atoms with E-state index >= 15 is 0 Å². The van der Waals surface area contributed by atoms with Gasteiger partial charge in [0.25, 0.3) is 0 Å². The van der Waals surface area contributed by atoms with Crippen molar-refractivity contribution >= 4 is 38.6 Å². The average Bonchev–Trinajstić information content (AvgIpc) is 3.02. The molecular formula is C14H10BrNOS. The zero-order chi connectivity index (χ0) is 12.4. The lowest BCUT2D eigenvalue weighted by atomic mass is 10.2. The molecule has 2 heterocycles. The van der Waals surface area contributed by atoms with Gasteiger partial charge in [-0.2, -0.15) is 0 Å². The third-order valence-corrected chi connectivity index (χ3v) is 4.05. The van der Waals surface area contributed by atoms with Gasteiger partial charge in [-0.05, 0) is 29.8 Å². The van der Waals surface area contributed by atoms with Gasteiger partial charge in [-0.3, -0.25) is 0 Å². The SMILES string of the molecule is Brc1ccc(-c2cc(Nc3ccoc3)cs2)cc1. The fourth-order valence-corrected chi connectivity index (χ4v) is 2.78. The Morgan fingerprint density at radius 2 is 1.89 bits per heavy atom. The van der Waals surface area contributed by atoms with Crippen molar-refractivity contribution in [2.45, 2.75) is 0 Å². The third-order valence-electron chi connectivity index (χ3n) is 2.54. The van der Waals surface area contributed by atoms with E-state index in [0.717, 1.165) is 15.8 Å². The molecule has 18 heavy (non-hydrogen) atoms. The fourth-order valence-electron chi connectivity index (χ4n) is 1.67. The van der Waals surface area contributed by atoms with Crippen LogP contribution in [0.5, 0.6) is 0 Å². The van der Waals surface area contributed by atoms with Gasteiger partial charge in [0, 0.05) is 20.4 Å². The van der Waals surface area contributed by atoms with Crippen molar-refractivity contribution in [1.82, 2.24) is 0 Å². The fraction of sp³-hybridized carbons (Fsp3) is 0. The summed E-state index contributed by atoms with van der Waals surface area (Å²) in [5.74, 6) is 0. The number of hydrogen-bond acceptors (Lipinski definition) is 3. The van der Waals surface area contributed by atoms with E-state index in [2.05, 4.69) is 57.0 Å². The lowest BCUT2D eigenvalue weighted by Crippen LogP contribution is -1.83. The van der Waals surface area contributed by atoms with Crippen LogP contribution in [0, 0.1) is 0 Å². The first-order valence-electron chi connectivity index (χ1n) is 5.45. The van der Waals surface area contributed by atoms with Crippen molar-refractivity contribution < 1.29 is 4.42 Å². The van der Waals surface area contributed by atoms with Gasteiger partial charge >= 0.3 is 0 Å². The summed E-state index contributed by atoms with van der Waals surface area (Å²) in [4.78, 5) is 1.24. The number of thiophene rings is 1. The predicted octanol–water partition coefficient (Wildman–Crippen LogP) is 5.51. The summed E-state index contributed by atoms with van der Waals surface area (Å²) >= 11 is 5.17. The van der Waals surface area contributed by atoms with Crippen LogP contribution in [-0.2, 0) is 0 Å². The first-order valence-corrected chi connectivity index (χ1v) is 7.12. The van der Waals surface area contributed by atoms with Crippen LogP contribution in [0.4, 0.5) is 11.4 Å². The molecule has 2 aromatic heterocycles. The number of rotatable bonds is 3. The standard InChI is InChI=1S/C14H10BrNOS/c15-11-3-1-10(2-4-11)14-7-13(9-18-14)16-12-5-6-17-8-12/h1-9,16H. The Balaban J connectivity index is 1.83. The van der Waals surface area contributed by atoms with Crippen LogP contribution in [0.1, 0.15) is 0 Å². The molecule has 0 amide bonds. The second kappa shape index (κ2) is 5.00. The Labute approximate surface area is 117 Å². The van der Waals surface area contributed by atoms with Gasteiger partial charge in [0.1, 0.15) is 6.26 Å². The van der Waals surface area contributed by atoms with Gasteiger partial charge in [0.05, 0.1) is 12.0 Å². The highest BCUT2D eigenvalue weighted by Crippen LogP contribution is 2.32. The molecule has 0 aliphatic heterocycles. The van der Waals surface area contributed by atoms with E-state index in [1.54, 1.807) is 23.9 Å². The molecule has 0 fully saturated rings. The first-order chi connectivity index (χ1) is 8.81. The maximum absolute atomic E-state index is 5.03. The second-order valence-electron chi connectivity index (χ2n) is 3.84. The van der Waals surface area contributed by atoms with E-state index in [-0.39, 0.29) is 0 Å². The molecular weight excluding hydrogens is 310 g/mol. The summed E-state index contributed by atoms with van der Waals surface area (Å²) in [6.45, 7) is 0. The molecule has 3 rings (SSSR count). The van der Waals surface area contributed by atoms with Gasteiger partial charge in [-0.1, -0.05) is 28.1 Å². The molecule has 90 valence electrons. The molecule has 1 aromatic carbocycles. The highest BCUT2D eigenvalue weighted by molar-refractivity contribution is 9.10. The first kappa shape index (κ1) is 11.6. The van der Waals surface area contributed by atoms with Crippen molar-refractivity contribution in [2.75, 3.05) is 5.32 Å². The van der Waals surface area contributed by atoms with E-state index in [9.17, 15) is 0 Å². The number of anilines is 2. The predicted molar refractivity (Wildman–Crippen MR) is 79.4 cm³/mol. The molecule has 4 heteroatoms. The molecule has 0 aliphatic carbocycles. The molecule has 0 bridgehead atoms. The van der Waals surface area contributed by atoms with Gasteiger partial charge < -0.3 is 9.73 Å². The van der Waals surface area contributed by atoms with Crippen molar-refractivity contribution in [3.8, 4) is 10.4 Å². The molecule has 0 unspecified atom stereocenters. The van der Waals surface area contributed by atoms with E-state index < -0.39 is 0 Å². The maximum Gasteiger partial charge on any atom is 0.114 e. The highest BCUT2D eigenvalue weighted by Gasteiger charge is 2.03. The topological polar surface area (TPSA) is 25.2 Å². The molecule has 0 aliphatic rings. The molecule has 3 aromatic rings. The lowest BCUT2D eigenvalue weighted by molar-refractivity contribution is 0.568. The van der Waals surface area contributed by atoms with E-state index in [1.165, 1.54) is 10.4 Å². The molecule has 0 spiro atoms. The van der Waals surface area contributed by atoms with Gasteiger partial charge in [0.15, 0.2) is 0 Å². The van der Waals surface area contributed by atoms with Gasteiger partial charge in [-0.15, -0.1) is 11.3 Å². The van der Waals surface area contributed by atoms with Crippen LogP contribution in [0.3, 0.4) is 0 Å². The number of furan rings is 1. The zero-order valence-corrected chi connectivity index (χ0v) is 11.8. The summed E-state index contributed by atoms with van der Waals surface area (Å²) < 4.78 is 6.12. The number of halogens is 1. The Morgan fingerprint density at radius 1 is 1.06 bits per heavy atom. The van der Waals surface area contributed by atoms with E-state index in [1.807, 2.05) is 6.07 Å². The second-order valence-corrected chi connectivity index (χ2v) is 5.67. The number of benzene rings is 1.